The van der Waals surface area contributed by atoms with Crippen LogP contribution in [0.2, 0.25) is 0 Å². The van der Waals surface area contributed by atoms with Gasteiger partial charge in [-0.3, -0.25) is 9.59 Å². The first-order valence-electron chi connectivity index (χ1n) is 8.01. The monoisotopic (exact) mass is 398 g/mol. The van der Waals surface area contributed by atoms with Gasteiger partial charge >= 0.3 is 0 Å². The van der Waals surface area contributed by atoms with Crippen LogP contribution in [0, 0.1) is 0 Å². The van der Waals surface area contributed by atoms with Crippen molar-refractivity contribution in [3.05, 3.63) is 75.9 Å². The molecule has 128 valence electrons. The molecule has 1 heterocycles. The summed E-state index contributed by atoms with van der Waals surface area (Å²) in [6, 6.07) is 17.3. The number of carbonyl (C=O) groups excluding carboxylic acids is 2. The second kappa shape index (κ2) is 6.84. The van der Waals surface area contributed by atoms with E-state index in [9.17, 15) is 9.59 Å². The summed E-state index contributed by atoms with van der Waals surface area (Å²) in [6.45, 7) is 1.77. The predicted octanol–water partition coefficient (Wildman–Crippen LogP) is 3.38. The van der Waals surface area contributed by atoms with E-state index < -0.39 is 5.54 Å². The van der Waals surface area contributed by atoms with E-state index in [1.165, 1.54) is 4.90 Å². The second-order valence-electron chi connectivity index (χ2n) is 6.36. The van der Waals surface area contributed by atoms with Crippen LogP contribution in [-0.4, -0.2) is 29.3 Å². The first-order chi connectivity index (χ1) is 11.9. The molecule has 0 aromatic heterocycles. The largest absolute Gasteiger partial charge is 0.336 e. The minimum Gasteiger partial charge on any atom is -0.336 e. The molecule has 1 aliphatic rings. The van der Waals surface area contributed by atoms with E-state index in [0.29, 0.717) is 12.1 Å². The van der Waals surface area contributed by atoms with E-state index in [4.69, 9.17) is 0 Å². The first kappa shape index (κ1) is 17.4. The average molecular weight is 399 g/mol. The quantitative estimate of drug-likeness (QED) is 0.805. The number of nitrogens with one attached hydrogen (secondary N) is 1. The van der Waals surface area contributed by atoms with Gasteiger partial charge in [-0.1, -0.05) is 64.5 Å². The molecule has 2 aromatic rings. The van der Waals surface area contributed by atoms with Gasteiger partial charge in [-0.25, -0.2) is 0 Å². The number of rotatable bonds is 3. The van der Waals surface area contributed by atoms with Gasteiger partial charge in [0.05, 0.1) is 0 Å². The van der Waals surface area contributed by atoms with Gasteiger partial charge in [-0.2, -0.15) is 0 Å². The maximum Gasteiger partial charge on any atom is 0.268 e. The Morgan fingerprint density at radius 2 is 1.72 bits per heavy atom. The average Bonchev–Trinajstić information content (AvgIpc) is 2.59. The normalized spacial score (nSPS) is 22.2. The number of benzene rings is 2. The second-order valence-corrected chi connectivity index (χ2v) is 7.22. The van der Waals surface area contributed by atoms with Crippen LogP contribution in [0.3, 0.4) is 0 Å². The number of hydrogen-bond donors (Lipinski definition) is 1. The van der Waals surface area contributed by atoms with Crippen molar-refractivity contribution in [1.82, 2.24) is 10.2 Å². The molecule has 0 aliphatic carbocycles. The molecule has 1 saturated heterocycles. The highest BCUT2D eigenvalue weighted by Gasteiger charge is 2.44. The maximum absolute atomic E-state index is 12.9. The molecule has 0 saturated carbocycles. The molecule has 3 rings (SSSR count). The standard InChI is InChI=1S/C20H19BrN2O2/c1-20(13-14-8-4-3-5-9-14)19(25)23(2)17(18(24)22-20)12-15-10-6-7-11-16(15)21/h3-12H,13H2,1-2H3,(H,22,24)/b17-12-. The van der Waals surface area contributed by atoms with E-state index >= 15 is 0 Å². The predicted molar refractivity (Wildman–Crippen MR) is 102 cm³/mol. The molecule has 2 amide bonds. The lowest BCUT2D eigenvalue weighted by Gasteiger charge is -2.39. The molecule has 5 heteroatoms. The summed E-state index contributed by atoms with van der Waals surface area (Å²) in [5.74, 6) is -0.384. The number of nitrogens with zero attached hydrogens (tertiary/aromatic N) is 1. The van der Waals surface area contributed by atoms with Crippen LogP contribution in [0.15, 0.2) is 64.8 Å². The molecule has 2 aromatic carbocycles. The van der Waals surface area contributed by atoms with Crippen molar-refractivity contribution in [3.63, 3.8) is 0 Å². The fourth-order valence-corrected chi connectivity index (χ4v) is 3.42. The zero-order valence-electron chi connectivity index (χ0n) is 14.1. The van der Waals surface area contributed by atoms with Crippen LogP contribution in [-0.2, 0) is 16.0 Å². The number of halogens is 1. The molecule has 1 atom stereocenters. The lowest BCUT2D eigenvalue weighted by Crippen LogP contribution is -2.64. The minimum atomic E-state index is -0.960. The number of carbonyl (C=O) groups is 2. The van der Waals surface area contributed by atoms with Gasteiger partial charge < -0.3 is 10.2 Å². The summed E-state index contributed by atoms with van der Waals surface area (Å²) in [6.07, 6.45) is 2.17. The summed E-state index contributed by atoms with van der Waals surface area (Å²) in [7, 11) is 1.65. The Hall–Kier alpha value is -2.40. The highest BCUT2D eigenvalue weighted by molar-refractivity contribution is 9.10. The Morgan fingerprint density at radius 3 is 2.40 bits per heavy atom. The van der Waals surface area contributed by atoms with Crippen LogP contribution < -0.4 is 5.32 Å². The molecular formula is C20H19BrN2O2. The van der Waals surface area contributed by atoms with E-state index in [2.05, 4.69) is 21.2 Å². The molecule has 4 nitrogen and oxygen atoms in total. The summed E-state index contributed by atoms with van der Waals surface area (Å²) in [4.78, 5) is 27.1. The lowest BCUT2D eigenvalue weighted by atomic mass is 9.88. The molecule has 1 fully saturated rings. The van der Waals surface area contributed by atoms with Crippen molar-refractivity contribution >= 4 is 33.8 Å². The highest BCUT2D eigenvalue weighted by Crippen LogP contribution is 2.26. The third-order valence-corrected chi connectivity index (χ3v) is 5.08. The van der Waals surface area contributed by atoms with E-state index in [-0.39, 0.29) is 11.8 Å². The molecule has 0 radical (unpaired) electrons. The molecular weight excluding hydrogens is 380 g/mol. The molecule has 1 aliphatic heterocycles. The van der Waals surface area contributed by atoms with Crippen molar-refractivity contribution in [2.75, 3.05) is 7.05 Å². The first-order valence-corrected chi connectivity index (χ1v) is 8.81. The van der Waals surface area contributed by atoms with Crippen LogP contribution in [0.25, 0.3) is 6.08 Å². The molecule has 0 spiro atoms. The fourth-order valence-electron chi connectivity index (χ4n) is 3.03. The van der Waals surface area contributed by atoms with Crippen LogP contribution in [0.5, 0.6) is 0 Å². The van der Waals surface area contributed by atoms with Gasteiger partial charge in [0.15, 0.2) is 0 Å². The number of amides is 2. The number of piperazine rings is 1. The Kier molecular flexibility index (Phi) is 4.77. The summed E-state index contributed by atoms with van der Waals surface area (Å²) < 4.78 is 0.869. The number of likely N-dealkylation sites (N-methyl/N-ethyl adjacent to an activating group) is 1. The molecule has 1 N–H and O–H groups in total. The van der Waals surface area contributed by atoms with Crippen LogP contribution in [0.1, 0.15) is 18.1 Å². The van der Waals surface area contributed by atoms with Crippen molar-refractivity contribution in [1.29, 1.82) is 0 Å². The highest BCUT2D eigenvalue weighted by atomic mass is 79.9. The van der Waals surface area contributed by atoms with Crippen molar-refractivity contribution in [3.8, 4) is 0 Å². The van der Waals surface area contributed by atoms with Gasteiger partial charge in [0.1, 0.15) is 11.2 Å². The van der Waals surface area contributed by atoms with Crippen LogP contribution >= 0.6 is 15.9 Å². The van der Waals surface area contributed by atoms with Gasteiger partial charge in [-0.05, 0) is 30.2 Å². The zero-order chi connectivity index (χ0) is 18.0. The topological polar surface area (TPSA) is 49.4 Å². The van der Waals surface area contributed by atoms with E-state index in [0.717, 1.165) is 15.6 Å². The summed E-state index contributed by atoms with van der Waals surface area (Å²) in [5.41, 5.74) is 1.23. The van der Waals surface area contributed by atoms with E-state index in [1.54, 1.807) is 20.0 Å². The Labute approximate surface area is 155 Å². The molecule has 1 unspecified atom stereocenters. The summed E-state index contributed by atoms with van der Waals surface area (Å²) in [5, 5.41) is 2.90. The van der Waals surface area contributed by atoms with Crippen LogP contribution in [0.4, 0.5) is 0 Å². The Bertz CT molecular complexity index is 848. The van der Waals surface area contributed by atoms with Gasteiger partial charge in [0.25, 0.3) is 11.8 Å². The minimum absolute atomic E-state index is 0.130. The fraction of sp³-hybridized carbons (Fsp3) is 0.200. The van der Waals surface area contributed by atoms with Gasteiger partial charge in [-0.15, -0.1) is 0 Å². The Morgan fingerprint density at radius 1 is 1.08 bits per heavy atom. The SMILES string of the molecule is CN1C(=O)C(C)(Cc2ccccc2)NC(=O)/C1=C/c1ccccc1Br. The molecule has 0 bridgehead atoms. The zero-order valence-corrected chi connectivity index (χ0v) is 15.7. The van der Waals surface area contributed by atoms with E-state index in [1.807, 2.05) is 54.6 Å². The van der Waals surface area contributed by atoms with Crippen molar-refractivity contribution in [2.24, 2.45) is 0 Å². The van der Waals surface area contributed by atoms with Gasteiger partial charge in [0, 0.05) is 17.9 Å². The third-order valence-electron chi connectivity index (χ3n) is 4.36. The van der Waals surface area contributed by atoms with Crippen molar-refractivity contribution < 1.29 is 9.59 Å². The summed E-state index contributed by atoms with van der Waals surface area (Å²) >= 11 is 3.47. The van der Waals surface area contributed by atoms with Crippen molar-refractivity contribution in [2.45, 2.75) is 18.9 Å². The van der Waals surface area contributed by atoms with Gasteiger partial charge in [0.2, 0.25) is 0 Å². The third kappa shape index (κ3) is 3.51. The maximum atomic E-state index is 12.9. The Balaban J connectivity index is 1.91. The lowest BCUT2D eigenvalue weighted by molar-refractivity contribution is -0.143. The number of hydrogen-bond acceptors (Lipinski definition) is 2. The molecule has 25 heavy (non-hydrogen) atoms. The smallest absolute Gasteiger partial charge is 0.268 e.